The Morgan fingerprint density at radius 3 is 2.33 bits per heavy atom. The third-order valence-corrected chi connectivity index (χ3v) is 5.18. The first-order chi connectivity index (χ1) is 17.5. The molecule has 0 spiro atoms. The maximum atomic E-state index is 13.2. The number of ether oxygens (including phenoxy) is 4. The van der Waals surface area contributed by atoms with Crippen LogP contribution in [0.15, 0.2) is 72.8 Å². The topological polar surface area (TPSA) is 86.3 Å². The maximum absolute atomic E-state index is 13.2. The van der Waals surface area contributed by atoms with Crippen LogP contribution in [0, 0.1) is 5.82 Å². The molecule has 3 aromatic rings. The summed E-state index contributed by atoms with van der Waals surface area (Å²) in [5.41, 5.74) is 1.60. The molecule has 0 saturated carbocycles. The molecular weight excluding hydrogens is 465 g/mol. The third kappa shape index (κ3) is 8.11. The molecule has 0 amide bonds. The fourth-order valence-corrected chi connectivity index (χ4v) is 3.32. The van der Waals surface area contributed by atoms with E-state index in [1.165, 1.54) is 31.4 Å². The van der Waals surface area contributed by atoms with Crippen LogP contribution < -0.4 is 19.5 Å². The van der Waals surface area contributed by atoms with Gasteiger partial charge in [0.2, 0.25) is 0 Å². The molecule has 1 atom stereocenters. The molecule has 0 saturated heterocycles. The number of nitrogens with one attached hydrogen (secondary N) is 1. The van der Waals surface area contributed by atoms with Crippen molar-refractivity contribution in [2.75, 3.05) is 40.5 Å². The summed E-state index contributed by atoms with van der Waals surface area (Å²) in [6, 6.07) is 20.1. The number of hydrogen-bond donors (Lipinski definition) is 2. The molecule has 1 unspecified atom stereocenters. The van der Waals surface area contributed by atoms with Gasteiger partial charge in [-0.25, -0.2) is 9.18 Å². The Hall–Kier alpha value is -3.88. The van der Waals surface area contributed by atoms with Gasteiger partial charge < -0.3 is 29.4 Å². The van der Waals surface area contributed by atoms with Gasteiger partial charge in [-0.15, -0.1) is 0 Å². The van der Waals surface area contributed by atoms with Gasteiger partial charge in [-0.2, -0.15) is 0 Å². The zero-order chi connectivity index (χ0) is 25.8. The van der Waals surface area contributed by atoms with Crippen molar-refractivity contribution in [3.05, 3.63) is 89.7 Å². The Kier molecular flexibility index (Phi) is 10.3. The fraction of sp³-hybridized carbons (Fsp3) is 0.250. The molecule has 3 rings (SSSR count). The van der Waals surface area contributed by atoms with Crippen LogP contribution in [-0.2, 0) is 9.53 Å². The van der Waals surface area contributed by atoms with Gasteiger partial charge in [-0.05, 0) is 53.6 Å². The monoisotopic (exact) mass is 495 g/mol. The zero-order valence-corrected chi connectivity index (χ0v) is 20.3. The molecule has 2 N–H and O–H groups in total. The van der Waals surface area contributed by atoms with Crippen LogP contribution in [0.4, 0.5) is 4.39 Å². The van der Waals surface area contributed by atoms with Gasteiger partial charge in [0.15, 0.2) is 11.5 Å². The molecule has 7 nitrogen and oxygen atoms in total. The van der Waals surface area contributed by atoms with Crippen molar-refractivity contribution < 1.29 is 33.2 Å². The number of methoxy groups -OCH3 is 2. The Labute approximate surface area is 210 Å². The van der Waals surface area contributed by atoms with Gasteiger partial charge in [0.1, 0.15) is 30.9 Å². The summed E-state index contributed by atoms with van der Waals surface area (Å²) < 4.78 is 34.7. The van der Waals surface area contributed by atoms with E-state index in [0.29, 0.717) is 48.1 Å². The molecule has 0 aliphatic heterocycles. The van der Waals surface area contributed by atoms with E-state index in [1.54, 1.807) is 37.5 Å². The summed E-state index contributed by atoms with van der Waals surface area (Å²) >= 11 is 0. The average Bonchev–Trinajstić information content (AvgIpc) is 2.91. The van der Waals surface area contributed by atoms with Crippen molar-refractivity contribution in [1.82, 2.24) is 5.32 Å². The quantitative estimate of drug-likeness (QED) is 0.161. The highest BCUT2D eigenvalue weighted by molar-refractivity contribution is 6.21. The number of benzene rings is 3. The molecule has 0 aliphatic carbocycles. The SMILES string of the molecule is COC(=O)C(=Cc1ccc(OCC(O)CNCCOc2ccccc2OC)cc1)c1ccc(F)cc1. The number of esters is 1. The molecule has 8 heteroatoms. The molecule has 0 bridgehead atoms. The normalized spacial score (nSPS) is 12.1. The van der Waals surface area contributed by atoms with Gasteiger partial charge in [0.05, 0.1) is 19.8 Å². The number of carbonyl (C=O) groups is 1. The lowest BCUT2D eigenvalue weighted by molar-refractivity contribution is -0.133. The minimum atomic E-state index is -0.708. The first-order valence-corrected chi connectivity index (χ1v) is 11.4. The molecular formula is C28H30FNO6. The minimum absolute atomic E-state index is 0.110. The number of carbonyl (C=O) groups excluding carboxylic acids is 1. The van der Waals surface area contributed by atoms with Crippen LogP contribution >= 0.6 is 0 Å². The number of halogens is 1. The van der Waals surface area contributed by atoms with Gasteiger partial charge in [-0.3, -0.25) is 0 Å². The van der Waals surface area contributed by atoms with Gasteiger partial charge in [0, 0.05) is 13.1 Å². The van der Waals surface area contributed by atoms with Crippen LogP contribution in [0.3, 0.4) is 0 Å². The minimum Gasteiger partial charge on any atom is -0.493 e. The second kappa shape index (κ2) is 13.9. The number of hydrogen-bond acceptors (Lipinski definition) is 7. The van der Waals surface area contributed by atoms with E-state index in [4.69, 9.17) is 18.9 Å². The van der Waals surface area contributed by atoms with Crippen molar-refractivity contribution in [1.29, 1.82) is 0 Å². The molecule has 0 heterocycles. The molecule has 36 heavy (non-hydrogen) atoms. The maximum Gasteiger partial charge on any atom is 0.338 e. The van der Waals surface area contributed by atoms with E-state index in [0.717, 1.165) is 5.56 Å². The summed E-state index contributed by atoms with van der Waals surface area (Å²) in [5, 5.41) is 13.3. The van der Waals surface area contributed by atoms with Crippen LogP contribution in [0.1, 0.15) is 11.1 Å². The van der Waals surface area contributed by atoms with Crippen LogP contribution in [0.25, 0.3) is 11.6 Å². The van der Waals surface area contributed by atoms with E-state index in [9.17, 15) is 14.3 Å². The highest BCUT2D eigenvalue weighted by Crippen LogP contribution is 2.25. The first kappa shape index (κ1) is 26.7. The fourth-order valence-electron chi connectivity index (χ4n) is 3.32. The van der Waals surface area contributed by atoms with Gasteiger partial charge in [-0.1, -0.05) is 36.4 Å². The number of aliphatic hydroxyl groups is 1. The lowest BCUT2D eigenvalue weighted by Crippen LogP contribution is -2.33. The van der Waals surface area contributed by atoms with Crippen molar-refractivity contribution in [3.8, 4) is 17.2 Å². The predicted octanol–water partition coefficient (Wildman–Crippen LogP) is 3.96. The lowest BCUT2D eigenvalue weighted by Gasteiger charge is -2.14. The third-order valence-electron chi connectivity index (χ3n) is 5.18. The van der Waals surface area contributed by atoms with Crippen LogP contribution in [0.2, 0.25) is 0 Å². The van der Waals surface area contributed by atoms with Gasteiger partial charge >= 0.3 is 5.97 Å². The smallest absolute Gasteiger partial charge is 0.338 e. The molecule has 0 fully saturated rings. The lowest BCUT2D eigenvalue weighted by atomic mass is 10.0. The van der Waals surface area contributed by atoms with E-state index in [1.807, 2.05) is 24.3 Å². The van der Waals surface area contributed by atoms with Crippen molar-refractivity contribution >= 4 is 17.6 Å². The molecule has 0 aliphatic rings. The Morgan fingerprint density at radius 1 is 0.972 bits per heavy atom. The first-order valence-electron chi connectivity index (χ1n) is 11.4. The average molecular weight is 496 g/mol. The summed E-state index contributed by atoms with van der Waals surface area (Å²) in [5.74, 6) is 1.01. The second-order valence-electron chi connectivity index (χ2n) is 7.79. The highest BCUT2D eigenvalue weighted by atomic mass is 19.1. The van der Waals surface area contributed by atoms with Crippen molar-refractivity contribution in [3.63, 3.8) is 0 Å². The van der Waals surface area contributed by atoms with E-state index >= 15 is 0 Å². The second-order valence-corrected chi connectivity index (χ2v) is 7.79. The summed E-state index contributed by atoms with van der Waals surface area (Å²) in [6.45, 7) is 1.43. The van der Waals surface area contributed by atoms with Crippen molar-refractivity contribution in [2.24, 2.45) is 0 Å². The van der Waals surface area contributed by atoms with Crippen LogP contribution in [-0.4, -0.2) is 57.7 Å². The molecule has 190 valence electrons. The zero-order valence-electron chi connectivity index (χ0n) is 20.3. The molecule has 0 radical (unpaired) electrons. The van der Waals surface area contributed by atoms with Crippen LogP contribution in [0.5, 0.6) is 17.2 Å². The Bertz CT molecular complexity index is 1130. The largest absolute Gasteiger partial charge is 0.493 e. The molecule has 3 aromatic carbocycles. The summed E-state index contributed by atoms with van der Waals surface area (Å²) in [4.78, 5) is 12.2. The Balaban J connectivity index is 1.45. The Morgan fingerprint density at radius 2 is 1.67 bits per heavy atom. The highest BCUT2D eigenvalue weighted by Gasteiger charge is 2.13. The van der Waals surface area contributed by atoms with Gasteiger partial charge in [0.25, 0.3) is 0 Å². The van der Waals surface area contributed by atoms with E-state index < -0.39 is 12.1 Å². The van der Waals surface area contributed by atoms with Crippen molar-refractivity contribution in [2.45, 2.75) is 6.10 Å². The summed E-state index contributed by atoms with van der Waals surface area (Å²) in [7, 11) is 2.89. The number of rotatable bonds is 13. The van der Waals surface area contributed by atoms with E-state index in [-0.39, 0.29) is 12.4 Å². The number of para-hydroxylation sites is 2. The predicted molar refractivity (Wildman–Crippen MR) is 136 cm³/mol. The molecule has 0 aromatic heterocycles. The van der Waals surface area contributed by atoms with E-state index in [2.05, 4.69) is 5.32 Å². The summed E-state index contributed by atoms with van der Waals surface area (Å²) in [6.07, 6.45) is 0.953. The standard InChI is InChI=1S/C28H30FNO6/c1-33-26-5-3-4-6-27(26)35-16-15-30-18-23(31)19-36-24-13-7-20(8-14-24)17-25(28(32)34-2)21-9-11-22(29)12-10-21/h3-14,17,23,30-31H,15-16,18-19H2,1-2H3. The number of aliphatic hydroxyl groups excluding tert-OH is 1.